The minimum Gasteiger partial charge on any atom is -0.505 e. The molecule has 2 unspecified atom stereocenters. The first-order valence-corrected chi connectivity index (χ1v) is 23.1. The molecule has 67 heavy (non-hydrogen) atoms. The minimum absolute atomic E-state index is 0.00205. The lowest BCUT2D eigenvalue weighted by molar-refractivity contribution is -0.160. The number of esters is 1. The third-order valence-corrected chi connectivity index (χ3v) is 14.5. The number of methoxy groups -OCH3 is 1. The molecule has 4 aromatic rings. The van der Waals surface area contributed by atoms with Gasteiger partial charge in [-0.05, 0) is 57.2 Å². The zero-order valence-corrected chi connectivity index (χ0v) is 39.5. The first-order valence-electron chi connectivity index (χ1n) is 23.1. The van der Waals surface area contributed by atoms with Crippen LogP contribution in [0.15, 0.2) is 63.6 Å². The van der Waals surface area contributed by atoms with Gasteiger partial charge in [-0.2, -0.15) is 0 Å². The smallest absolute Gasteiger partial charge is 0.312 e. The molecule has 1 saturated carbocycles. The van der Waals surface area contributed by atoms with Crippen LogP contribution in [0.25, 0.3) is 33.0 Å². The predicted octanol–water partition coefficient (Wildman–Crippen LogP) is 6.86. The van der Waals surface area contributed by atoms with Crippen LogP contribution < -0.4 is 20.2 Å². The number of nitrogens with zero attached hydrogens (tertiary/aromatic N) is 2. The zero-order valence-electron chi connectivity index (χ0n) is 39.5. The average molecular weight is 924 g/mol. The van der Waals surface area contributed by atoms with Gasteiger partial charge in [0.2, 0.25) is 0 Å². The number of rotatable bonds is 6. The van der Waals surface area contributed by atoms with E-state index in [2.05, 4.69) is 10.2 Å². The monoisotopic (exact) mass is 923 g/mol. The summed E-state index contributed by atoms with van der Waals surface area (Å²) >= 11 is 0. The Morgan fingerprint density at radius 1 is 1.01 bits per heavy atom. The number of aliphatic hydroxyl groups is 2. The maximum absolute atomic E-state index is 14.8. The summed E-state index contributed by atoms with van der Waals surface area (Å²) < 4.78 is 36.6. The molecular formula is C51H61N3O13. The number of carbonyl (C=O) groups is 3. The number of ether oxygens (including phenoxy) is 5. The summed E-state index contributed by atoms with van der Waals surface area (Å²) in [5.74, 6) is -5.94. The van der Waals surface area contributed by atoms with Gasteiger partial charge in [0, 0.05) is 86.3 Å². The van der Waals surface area contributed by atoms with Crippen molar-refractivity contribution in [2.75, 3.05) is 32.1 Å². The van der Waals surface area contributed by atoms with E-state index in [4.69, 9.17) is 33.1 Å². The van der Waals surface area contributed by atoms with E-state index in [9.17, 15) is 34.5 Å². The van der Waals surface area contributed by atoms with E-state index < -0.39 is 82.7 Å². The summed E-state index contributed by atoms with van der Waals surface area (Å²) in [6.45, 7) is 14.9. The lowest BCUT2D eigenvalue weighted by Gasteiger charge is -2.38. The number of fused-ring (bicyclic) bond motifs is 4. The normalized spacial score (nSPS) is 32.3. The number of anilines is 1. The number of amides is 1. The van der Waals surface area contributed by atoms with Crippen LogP contribution in [0, 0.1) is 36.5 Å². The predicted molar refractivity (Wildman–Crippen MR) is 250 cm³/mol. The van der Waals surface area contributed by atoms with Crippen molar-refractivity contribution in [2.45, 2.75) is 111 Å². The molecule has 11 atom stereocenters. The largest absolute Gasteiger partial charge is 0.505 e. The van der Waals surface area contributed by atoms with Gasteiger partial charge in [-0.25, -0.2) is 4.98 Å². The summed E-state index contributed by atoms with van der Waals surface area (Å²) in [5.41, 5.74) is -0.393. The highest BCUT2D eigenvalue weighted by molar-refractivity contribution is 6.26. The van der Waals surface area contributed by atoms with E-state index in [0.29, 0.717) is 23.9 Å². The fraction of sp³-hybridized carbons (Fsp3) is 0.510. The molecular weight excluding hydrogens is 863 g/mol. The van der Waals surface area contributed by atoms with Gasteiger partial charge in [0.15, 0.2) is 22.3 Å². The molecule has 4 heterocycles. The number of carbonyl (C=O) groups excluding carboxylic acids is 3. The second-order valence-corrected chi connectivity index (χ2v) is 19.0. The van der Waals surface area contributed by atoms with Crippen molar-refractivity contribution in [3.8, 4) is 17.2 Å². The number of ketones is 1. The summed E-state index contributed by atoms with van der Waals surface area (Å²) in [4.78, 5) is 63.0. The van der Waals surface area contributed by atoms with Crippen LogP contribution in [0.1, 0.15) is 83.7 Å². The maximum Gasteiger partial charge on any atom is 0.312 e. The number of aromatic hydroxyl groups is 1. The summed E-state index contributed by atoms with van der Waals surface area (Å²) in [5, 5.41) is 37.6. The van der Waals surface area contributed by atoms with Gasteiger partial charge < -0.3 is 48.7 Å². The molecule has 4 aliphatic rings. The molecule has 2 fully saturated rings. The quantitative estimate of drug-likeness (QED) is 0.0673. The molecule has 8 rings (SSSR count). The van der Waals surface area contributed by atoms with Crippen molar-refractivity contribution in [1.82, 2.24) is 9.88 Å². The van der Waals surface area contributed by atoms with Crippen molar-refractivity contribution in [3.05, 3.63) is 75.7 Å². The number of allylic oxidation sites excluding steroid dienone is 2. The molecule has 358 valence electrons. The van der Waals surface area contributed by atoms with Gasteiger partial charge in [-0.3, -0.25) is 24.1 Å². The fourth-order valence-corrected chi connectivity index (χ4v) is 10.5. The van der Waals surface area contributed by atoms with E-state index >= 15 is 0 Å². The number of Topliss-reactive ketones (excluding diaryl/α,β-unsaturated/α-hetero) is 1. The molecule has 3 aliphatic heterocycles. The molecule has 1 aliphatic carbocycles. The first kappa shape index (κ1) is 47.7. The van der Waals surface area contributed by atoms with Crippen LogP contribution in [-0.4, -0.2) is 106 Å². The Kier molecular flexibility index (Phi) is 13.3. The van der Waals surface area contributed by atoms with Crippen molar-refractivity contribution in [3.63, 3.8) is 0 Å². The molecule has 0 spiro atoms. The Morgan fingerprint density at radius 3 is 2.46 bits per heavy atom. The number of hydrogen-bond donors (Lipinski definition) is 4. The topological polar surface area (TPSA) is 216 Å². The van der Waals surface area contributed by atoms with Gasteiger partial charge in [0.1, 0.15) is 40.9 Å². The summed E-state index contributed by atoms with van der Waals surface area (Å²) in [7, 11) is 1.45. The van der Waals surface area contributed by atoms with Crippen molar-refractivity contribution in [2.24, 2.45) is 29.6 Å². The van der Waals surface area contributed by atoms with E-state index in [1.807, 2.05) is 0 Å². The SMILES string of the molecule is CO[C@H]1/C=C/O[C@@]2(C)Oc3c(C)c(=O)c4c(O)c(c5oc6cc(OCCN7CC8CCC7C8)ccc6nc5c4c3C2=O)NC(=O)/C(C)=C\C=C\[C@H](C)[C@H](O)[C@@H](C)[C@@H](O)[C@@H](C)[C@H](OC(C)=O)[C@@H]1C. The number of benzene rings is 3. The number of hydrogen-bond acceptors (Lipinski definition) is 15. The molecule has 1 amide bonds. The number of piperidine rings is 1. The Hall–Kier alpha value is -5.81. The standard InChI is InChI=1S/C51H61N3O13/c1-24-11-10-12-25(2)50(61)53-41-45(59)38-37(40-48(41)66-36-22-33(15-16-34(36)52-40)63-20-18-54-23-31-13-14-32(54)21-31)39-47(29(6)44(38)58)67-51(8,49(39)60)64-19-17-35(62-9)26(3)46(65-30(7)55)28(5)43(57)27(4)42(24)56/h10-12,15-17,19,22,24,26-28,31-32,35,42-43,46,56-57,59H,13-14,18,20-21,23H2,1-9H3,(H,53,61)/b11-10+,19-17+,25-12-/t24-,26+,27+,28+,31?,32?,35-,42-,43+,46+,51-/m0/s1. The van der Waals surface area contributed by atoms with Gasteiger partial charge >= 0.3 is 11.8 Å². The van der Waals surface area contributed by atoms with Gasteiger partial charge in [0.05, 0.1) is 35.5 Å². The number of phenols is 1. The highest BCUT2D eigenvalue weighted by atomic mass is 16.7. The van der Waals surface area contributed by atoms with Crippen molar-refractivity contribution < 1.29 is 57.8 Å². The molecule has 1 saturated heterocycles. The summed E-state index contributed by atoms with van der Waals surface area (Å²) in [6.07, 6.45) is 7.39. The van der Waals surface area contributed by atoms with E-state index in [1.165, 1.54) is 65.6 Å². The first-order chi connectivity index (χ1) is 31.8. The van der Waals surface area contributed by atoms with Crippen LogP contribution in [0.2, 0.25) is 0 Å². The van der Waals surface area contributed by atoms with Crippen LogP contribution >= 0.6 is 0 Å². The van der Waals surface area contributed by atoms with E-state index in [0.717, 1.165) is 19.0 Å². The Balaban J connectivity index is 1.26. The molecule has 4 N–H and O–H groups in total. The number of aromatic nitrogens is 1. The van der Waals surface area contributed by atoms with Crippen molar-refractivity contribution in [1.29, 1.82) is 0 Å². The molecule has 16 heteroatoms. The lowest BCUT2D eigenvalue weighted by Crippen LogP contribution is -2.46. The Labute approximate surface area is 388 Å². The second-order valence-electron chi connectivity index (χ2n) is 19.0. The number of phenolic OH excluding ortho intramolecular Hbond substituents is 1. The average Bonchev–Trinajstić information content (AvgIpc) is 4.01. The second kappa shape index (κ2) is 18.7. The number of aliphatic hydroxyl groups excluding tert-OH is 2. The number of nitrogens with one attached hydrogen (secondary N) is 1. The Morgan fingerprint density at radius 2 is 1.78 bits per heavy atom. The fourth-order valence-electron chi connectivity index (χ4n) is 10.5. The van der Waals surface area contributed by atoms with E-state index in [1.54, 1.807) is 65.0 Å². The molecule has 1 aromatic heterocycles. The molecule has 3 aromatic carbocycles. The third kappa shape index (κ3) is 8.80. The summed E-state index contributed by atoms with van der Waals surface area (Å²) in [6, 6.07) is 5.72. The van der Waals surface area contributed by atoms with Gasteiger partial charge in [-0.15, -0.1) is 0 Å². The number of likely N-dealkylation sites (tertiary alicyclic amines) is 1. The third-order valence-electron chi connectivity index (χ3n) is 14.5. The van der Waals surface area contributed by atoms with Crippen LogP contribution in [0.4, 0.5) is 5.69 Å². The van der Waals surface area contributed by atoms with Crippen molar-refractivity contribution >= 4 is 56.3 Å². The Bertz CT molecular complexity index is 2780. The maximum atomic E-state index is 14.8. The molecule has 16 nitrogen and oxygen atoms in total. The van der Waals surface area contributed by atoms with Crippen LogP contribution in [0.3, 0.4) is 0 Å². The lowest BCUT2D eigenvalue weighted by atomic mass is 9.78. The molecule has 6 bridgehead atoms. The molecule has 0 radical (unpaired) electrons. The van der Waals surface area contributed by atoms with E-state index in [-0.39, 0.29) is 55.6 Å². The highest BCUT2D eigenvalue weighted by Gasteiger charge is 2.50. The highest BCUT2D eigenvalue weighted by Crippen LogP contribution is 2.48. The van der Waals surface area contributed by atoms with Gasteiger partial charge in [-0.1, -0.05) is 45.9 Å². The van der Waals surface area contributed by atoms with Gasteiger partial charge in [0.25, 0.3) is 11.7 Å². The minimum atomic E-state index is -2.04. The zero-order chi connectivity index (χ0) is 48.2. The van der Waals surface area contributed by atoms with Crippen LogP contribution in [-0.2, 0) is 23.8 Å². The van der Waals surface area contributed by atoms with Crippen LogP contribution in [0.5, 0.6) is 17.2 Å².